The summed E-state index contributed by atoms with van der Waals surface area (Å²) in [6.07, 6.45) is 0.803. The summed E-state index contributed by atoms with van der Waals surface area (Å²) in [5, 5.41) is 3.59. The highest BCUT2D eigenvalue weighted by molar-refractivity contribution is 8.14. The molecule has 0 unspecified atom stereocenters. The van der Waals surface area contributed by atoms with E-state index in [2.05, 4.69) is 15.3 Å². The standard InChI is InChI=1S/C14H16N4OS/c1-2-12-16-10-5-3-4-6-11(10)18(12)9-13(19)17-14-15-7-8-20-14/h3-6H,2,7-9H2,1H3,(H,15,17,19). The highest BCUT2D eigenvalue weighted by Crippen LogP contribution is 2.16. The highest BCUT2D eigenvalue weighted by Gasteiger charge is 2.15. The fourth-order valence-corrected chi connectivity index (χ4v) is 3.03. The van der Waals surface area contributed by atoms with E-state index in [1.165, 1.54) is 0 Å². The van der Waals surface area contributed by atoms with Crippen molar-refractivity contribution in [3.05, 3.63) is 30.1 Å². The quantitative estimate of drug-likeness (QED) is 0.937. The molecule has 2 heterocycles. The van der Waals surface area contributed by atoms with Crippen molar-refractivity contribution in [3.8, 4) is 0 Å². The lowest BCUT2D eigenvalue weighted by molar-refractivity contribution is -0.120. The van der Waals surface area contributed by atoms with Gasteiger partial charge in [0.2, 0.25) is 5.91 Å². The molecule has 3 rings (SSSR count). The lowest BCUT2D eigenvalue weighted by Gasteiger charge is -2.08. The van der Waals surface area contributed by atoms with Crippen LogP contribution in [0.15, 0.2) is 29.3 Å². The molecule has 0 saturated carbocycles. The Kier molecular flexibility index (Phi) is 3.73. The monoisotopic (exact) mass is 288 g/mol. The number of aryl methyl sites for hydroxylation is 1. The van der Waals surface area contributed by atoms with Gasteiger partial charge in [-0.1, -0.05) is 30.8 Å². The number of nitrogens with one attached hydrogen (secondary N) is 1. The van der Waals surface area contributed by atoms with Gasteiger partial charge in [-0.2, -0.15) is 0 Å². The van der Waals surface area contributed by atoms with Crippen LogP contribution in [0, 0.1) is 0 Å². The van der Waals surface area contributed by atoms with E-state index in [1.54, 1.807) is 11.8 Å². The second-order valence-corrected chi connectivity index (χ2v) is 5.62. The van der Waals surface area contributed by atoms with Crippen LogP contribution in [-0.4, -0.2) is 32.9 Å². The van der Waals surface area contributed by atoms with Crippen molar-refractivity contribution in [2.45, 2.75) is 19.9 Å². The van der Waals surface area contributed by atoms with Crippen LogP contribution in [0.2, 0.25) is 0 Å². The molecule has 5 nitrogen and oxygen atoms in total. The van der Waals surface area contributed by atoms with Gasteiger partial charge < -0.3 is 9.88 Å². The van der Waals surface area contributed by atoms with Crippen molar-refractivity contribution in [2.24, 2.45) is 4.99 Å². The molecule has 1 amide bonds. The number of amidine groups is 1. The SMILES string of the molecule is CCc1nc2ccccc2n1CC(=O)NC1=NCCS1. The Morgan fingerprint density at radius 3 is 3.05 bits per heavy atom. The number of benzene rings is 1. The first-order valence-corrected chi connectivity index (χ1v) is 7.67. The van der Waals surface area contributed by atoms with E-state index < -0.39 is 0 Å². The van der Waals surface area contributed by atoms with Gasteiger partial charge in [-0.3, -0.25) is 9.79 Å². The number of imidazole rings is 1. The van der Waals surface area contributed by atoms with Crippen LogP contribution in [0.5, 0.6) is 0 Å². The van der Waals surface area contributed by atoms with Gasteiger partial charge in [0.1, 0.15) is 12.4 Å². The van der Waals surface area contributed by atoms with E-state index in [-0.39, 0.29) is 12.5 Å². The van der Waals surface area contributed by atoms with Gasteiger partial charge in [0.15, 0.2) is 5.17 Å². The smallest absolute Gasteiger partial charge is 0.245 e. The first-order valence-electron chi connectivity index (χ1n) is 6.69. The number of rotatable bonds is 3. The Morgan fingerprint density at radius 1 is 1.45 bits per heavy atom. The minimum Gasteiger partial charge on any atom is -0.318 e. The molecule has 104 valence electrons. The minimum absolute atomic E-state index is 0.0454. The summed E-state index contributed by atoms with van der Waals surface area (Å²) >= 11 is 1.59. The normalized spacial score (nSPS) is 14.6. The van der Waals surface area contributed by atoms with Gasteiger partial charge in [-0.15, -0.1) is 0 Å². The predicted octanol–water partition coefficient (Wildman–Crippen LogP) is 1.82. The van der Waals surface area contributed by atoms with Crippen LogP contribution >= 0.6 is 11.8 Å². The molecular weight excluding hydrogens is 272 g/mol. The Morgan fingerprint density at radius 2 is 2.30 bits per heavy atom. The van der Waals surface area contributed by atoms with E-state index in [4.69, 9.17) is 0 Å². The molecule has 0 bridgehead atoms. The average Bonchev–Trinajstić information content (AvgIpc) is 3.07. The lowest BCUT2D eigenvalue weighted by atomic mass is 10.3. The number of para-hydroxylation sites is 2. The molecule has 1 aromatic heterocycles. The molecule has 0 atom stereocenters. The molecule has 1 N–H and O–H groups in total. The van der Waals surface area contributed by atoms with Gasteiger partial charge in [0.25, 0.3) is 0 Å². The number of carbonyl (C=O) groups excluding carboxylic acids is 1. The summed E-state index contributed by atoms with van der Waals surface area (Å²) in [7, 11) is 0. The molecule has 0 saturated heterocycles. The third kappa shape index (κ3) is 2.56. The van der Waals surface area contributed by atoms with E-state index in [0.717, 1.165) is 40.7 Å². The number of aliphatic imine (C=N–C) groups is 1. The van der Waals surface area contributed by atoms with Crippen LogP contribution < -0.4 is 5.32 Å². The Bertz CT molecular complexity index is 677. The largest absolute Gasteiger partial charge is 0.318 e. The van der Waals surface area contributed by atoms with Gasteiger partial charge in [0, 0.05) is 12.2 Å². The number of nitrogens with zero attached hydrogens (tertiary/aromatic N) is 3. The van der Waals surface area contributed by atoms with E-state index >= 15 is 0 Å². The number of amides is 1. The number of fused-ring (bicyclic) bond motifs is 1. The number of hydrogen-bond donors (Lipinski definition) is 1. The van der Waals surface area contributed by atoms with Crippen LogP contribution in [-0.2, 0) is 17.8 Å². The van der Waals surface area contributed by atoms with E-state index in [9.17, 15) is 4.79 Å². The highest BCUT2D eigenvalue weighted by atomic mass is 32.2. The summed E-state index contributed by atoms with van der Waals surface area (Å²) in [5.74, 6) is 1.84. The molecule has 0 spiro atoms. The Hall–Kier alpha value is -1.82. The molecule has 0 fully saturated rings. The van der Waals surface area contributed by atoms with Crippen LogP contribution in [0.3, 0.4) is 0 Å². The number of aromatic nitrogens is 2. The van der Waals surface area contributed by atoms with E-state index in [1.807, 2.05) is 35.8 Å². The van der Waals surface area contributed by atoms with Crippen molar-refractivity contribution >= 4 is 33.9 Å². The summed E-state index contributed by atoms with van der Waals surface area (Å²) in [5.41, 5.74) is 1.94. The fraction of sp³-hybridized carbons (Fsp3) is 0.357. The number of thioether (sulfide) groups is 1. The first-order chi connectivity index (χ1) is 9.78. The topological polar surface area (TPSA) is 59.3 Å². The first kappa shape index (κ1) is 13.2. The fourth-order valence-electron chi connectivity index (χ4n) is 2.28. The van der Waals surface area contributed by atoms with Crippen molar-refractivity contribution in [1.82, 2.24) is 14.9 Å². The van der Waals surface area contributed by atoms with Crippen LogP contribution in [0.25, 0.3) is 11.0 Å². The lowest BCUT2D eigenvalue weighted by Crippen LogP contribution is -2.31. The molecule has 2 aromatic rings. The summed E-state index contributed by atoms with van der Waals surface area (Å²) in [6, 6.07) is 7.90. The third-order valence-electron chi connectivity index (χ3n) is 3.18. The maximum Gasteiger partial charge on any atom is 0.245 e. The van der Waals surface area contributed by atoms with Gasteiger partial charge in [-0.25, -0.2) is 4.98 Å². The Balaban J connectivity index is 1.84. The van der Waals surface area contributed by atoms with Crippen LogP contribution in [0.4, 0.5) is 0 Å². The van der Waals surface area contributed by atoms with Crippen molar-refractivity contribution in [3.63, 3.8) is 0 Å². The second kappa shape index (κ2) is 5.66. The zero-order valence-electron chi connectivity index (χ0n) is 11.3. The summed E-state index contributed by atoms with van der Waals surface area (Å²) in [6.45, 7) is 3.12. The van der Waals surface area contributed by atoms with E-state index in [0.29, 0.717) is 0 Å². The summed E-state index contributed by atoms with van der Waals surface area (Å²) < 4.78 is 1.98. The third-order valence-corrected chi connectivity index (χ3v) is 4.07. The zero-order valence-corrected chi connectivity index (χ0v) is 12.1. The molecule has 6 heteroatoms. The number of hydrogen-bond acceptors (Lipinski definition) is 4. The van der Waals surface area contributed by atoms with Crippen molar-refractivity contribution in [2.75, 3.05) is 12.3 Å². The van der Waals surface area contributed by atoms with Gasteiger partial charge >= 0.3 is 0 Å². The van der Waals surface area contributed by atoms with Crippen LogP contribution in [0.1, 0.15) is 12.7 Å². The predicted molar refractivity (Wildman–Crippen MR) is 82.0 cm³/mol. The molecule has 1 aromatic carbocycles. The minimum atomic E-state index is -0.0454. The van der Waals surface area contributed by atoms with Crippen molar-refractivity contribution < 1.29 is 4.79 Å². The molecule has 20 heavy (non-hydrogen) atoms. The van der Waals surface area contributed by atoms with Gasteiger partial charge in [0.05, 0.1) is 17.6 Å². The van der Waals surface area contributed by atoms with Crippen molar-refractivity contribution in [1.29, 1.82) is 0 Å². The number of carbonyl (C=O) groups is 1. The molecule has 0 aliphatic carbocycles. The maximum atomic E-state index is 12.1. The average molecular weight is 288 g/mol. The molecule has 1 aliphatic heterocycles. The molecule has 1 aliphatic rings. The van der Waals surface area contributed by atoms with Gasteiger partial charge in [-0.05, 0) is 12.1 Å². The zero-order chi connectivity index (χ0) is 13.9. The molecular formula is C14H16N4OS. The Labute approximate surface area is 121 Å². The molecule has 0 radical (unpaired) electrons. The maximum absolute atomic E-state index is 12.1. The second-order valence-electron chi connectivity index (χ2n) is 4.54. The summed E-state index contributed by atoms with van der Waals surface area (Å²) in [4.78, 5) is 20.9.